The number of aliphatic hydroxyl groups is 1. The standard InChI is InChI=1S/C15H21NO2/c1-11-4-5-13(8-12(11)2)9-16-14(18)15(10-17)6-3-7-15/h4-5,8,17H,3,6-7,9-10H2,1-2H3,(H,16,18). The van der Waals surface area contributed by atoms with Gasteiger partial charge < -0.3 is 10.4 Å². The average Bonchev–Trinajstić information content (AvgIpc) is 2.30. The monoisotopic (exact) mass is 247 g/mol. The molecule has 1 aromatic carbocycles. The highest BCUT2D eigenvalue weighted by molar-refractivity contribution is 5.83. The molecule has 0 saturated heterocycles. The summed E-state index contributed by atoms with van der Waals surface area (Å²) < 4.78 is 0. The molecule has 0 radical (unpaired) electrons. The van der Waals surface area contributed by atoms with Crippen molar-refractivity contribution in [1.29, 1.82) is 0 Å². The quantitative estimate of drug-likeness (QED) is 0.856. The summed E-state index contributed by atoms with van der Waals surface area (Å²) in [5.41, 5.74) is 3.11. The summed E-state index contributed by atoms with van der Waals surface area (Å²) in [6.07, 6.45) is 2.65. The van der Waals surface area contributed by atoms with E-state index < -0.39 is 5.41 Å². The lowest BCUT2D eigenvalue weighted by Gasteiger charge is -2.38. The van der Waals surface area contributed by atoms with Gasteiger partial charge in [-0.3, -0.25) is 4.79 Å². The minimum atomic E-state index is -0.500. The van der Waals surface area contributed by atoms with Gasteiger partial charge in [0.25, 0.3) is 0 Å². The number of nitrogens with one attached hydrogen (secondary N) is 1. The highest BCUT2D eigenvalue weighted by atomic mass is 16.3. The maximum Gasteiger partial charge on any atom is 0.228 e. The first-order valence-corrected chi connectivity index (χ1v) is 6.53. The highest BCUT2D eigenvalue weighted by Gasteiger charge is 2.43. The molecule has 0 unspecified atom stereocenters. The Labute approximate surface area is 108 Å². The second-order valence-corrected chi connectivity index (χ2v) is 5.39. The Kier molecular flexibility index (Phi) is 3.71. The van der Waals surface area contributed by atoms with E-state index in [-0.39, 0.29) is 12.5 Å². The molecule has 2 N–H and O–H groups in total. The van der Waals surface area contributed by atoms with Crippen LogP contribution in [-0.2, 0) is 11.3 Å². The Bertz CT molecular complexity index is 444. The van der Waals surface area contributed by atoms with Crippen LogP contribution < -0.4 is 5.32 Å². The molecular weight excluding hydrogens is 226 g/mol. The molecule has 0 aromatic heterocycles. The van der Waals surface area contributed by atoms with Crippen LogP contribution in [0, 0.1) is 19.3 Å². The molecule has 2 rings (SSSR count). The molecular formula is C15H21NO2. The molecule has 0 bridgehead atoms. The van der Waals surface area contributed by atoms with Crippen LogP contribution in [0.15, 0.2) is 18.2 Å². The first-order valence-electron chi connectivity index (χ1n) is 6.53. The van der Waals surface area contributed by atoms with Crippen molar-refractivity contribution < 1.29 is 9.90 Å². The van der Waals surface area contributed by atoms with Crippen molar-refractivity contribution in [2.24, 2.45) is 5.41 Å². The third-order valence-corrected chi connectivity index (χ3v) is 4.12. The molecule has 1 aliphatic rings. The Balaban J connectivity index is 1.95. The van der Waals surface area contributed by atoms with Crippen LogP contribution >= 0.6 is 0 Å². The second-order valence-electron chi connectivity index (χ2n) is 5.39. The smallest absolute Gasteiger partial charge is 0.228 e. The number of carbonyl (C=O) groups is 1. The highest BCUT2D eigenvalue weighted by Crippen LogP contribution is 2.40. The molecule has 0 atom stereocenters. The number of hydrogen-bond acceptors (Lipinski definition) is 2. The lowest BCUT2D eigenvalue weighted by Crippen LogP contribution is -2.47. The van der Waals surface area contributed by atoms with Gasteiger partial charge in [-0.2, -0.15) is 0 Å². The van der Waals surface area contributed by atoms with E-state index in [1.165, 1.54) is 11.1 Å². The van der Waals surface area contributed by atoms with Crippen LogP contribution in [0.1, 0.15) is 36.0 Å². The molecule has 0 aliphatic heterocycles. The number of aliphatic hydroxyl groups excluding tert-OH is 1. The summed E-state index contributed by atoms with van der Waals surface area (Å²) in [5, 5.41) is 12.3. The maximum absolute atomic E-state index is 12.0. The summed E-state index contributed by atoms with van der Waals surface area (Å²) in [6.45, 7) is 4.65. The summed E-state index contributed by atoms with van der Waals surface area (Å²) in [6, 6.07) is 6.21. The molecule has 3 nitrogen and oxygen atoms in total. The van der Waals surface area contributed by atoms with Crippen molar-refractivity contribution in [2.75, 3.05) is 6.61 Å². The largest absolute Gasteiger partial charge is 0.395 e. The van der Waals surface area contributed by atoms with Crippen molar-refractivity contribution in [3.05, 3.63) is 34.9 Å². The molecule has 1 aromatic rings. The van der Waals surface area contributed by atoms with E-state index in [1.54, 1.807) is 0 Å². The van der Waals surface area contributed by atoms with E-state index in [9.17, 15) is 9.90 Å². The molecule has 1 saturated carbocycles. The molecule has 98 valence electrons. The lowest BCUT2D eigenvalue weighted by atomic mass is 9.68. The number of amides is 1. The van der Waals surface area contributed by atoms with Gasteiger partial charge >= 0.3 is 0 Å². The lowest BCUT2D eigenvalue weighted by molar-refractivity contribution is -0.139. The van der Waals surface area contributed by atoms with Gasteiger partial charge in [0.2, 0.25) is 5.91 Å². The Morgan fingerprint density at radius 2 is 2.06 bits per heavy atom. The summed E-state index contributed by atoms with van der Waals surface area (Å²) in [7, 11) is 0. The van der Waals surface area contributed by atoms with Crippen LogP contribution in [0.3, 0.4) is 0 Å². The molecule has 0 spiro atoms. The van der Waals surface area contributed by atoms with Gasteiger partial charge in [0, 0.05) is 6.54 Å². The Hall–Kier alpha value is -1.35. The third kappa shape index (κ3) is 2.41. The van der Waals surface area contributed by atoms with Crippen molar-refractivity contribution in [1.82, 2.24) is 5.32 Å². The fourth-order valence-electron chi connectivity index (χ4n) is 2.34. The van der Waals surface area contributed by atoms with Gasteiger partial charge in [0.05, 0.1) is 12.0 Å². The fraction of sp³-hybridized carbons (Fsp3) is 0.533. The van der Waals surface area contributed by atoms with E-state index in [0.717, 1.165) is 24.8 Å². The van der Waals surface area contributed by atoms with Crippen molar-refractivity contribution in [3.63, 3.8) is 0 Å². The van der Waals surface area contributed by atoms with Crippen LogP contribution in [-0.4, -0.2) is 17.6 Å². The van der Waals surface area contributed by atoms with Crippen LogP contribution in [0.25, 0.3) is 0 Å². The third-order valence-electron chi connectivity index (χ3n) is 4.12. The van der Waals surface area contributed by atoms with E-state index in [2.05, 4.69) is 31.3 Å². The van der Waals surface area contributed by atoms with Crippen LogP contribution in [0.5, 0.6) is 0 Å². The zero-order valence-electron chi connectivity index (χ0n) is 11.1. The van der Waals surface area contributed by atoms with Gasteiger partial charge in [-0.25, -0.2) is 0 Å². The van der Waals surface area contributed by atoms with Crippen LogP contribution in [0.2, 0.25) is 0 Å². The van der Waals surface area contributed by atoms with Crippen molar-refractivity contribution in [2.45, 2.75) is 39.7 Å². The molecule has 1 amide bonds. The summed E-state index contributed by atoms with van der Waals surface area (Å²) in [4.78, 5) is 12.0. The van der Waals surface area contributed by atoms with Gasteiger partial charge in [-0.15, -0.1) is 0 Å². The fourth-order valence-corrected chi connectivity index (χ4v) is 2.34. The topological polar surface area (TPSA) is 49.3 Å². The SMILES string of the molecule is Cc1ccc(CNC(=O)C2(CO)CCC2)cc1C. The first kappa shape index (κ1) is 13.1. The summed E-state index contributed by atoms with van der Waals surface area (Å²) in [5.74, 6) is -0.00511. The number of carbonyl (C=O) groups excluding carboxylic acids is 1. The van der Waals surface area contributed by atoms with Gasteiger partial charge in [-0.05, 0) is 43.4 Å². The minimum Gasteiger partial charge on any atom is -0.395 e. The van der Waals surface area contributed by atoms with Gasteiger partial charge in [-0.1, -0.05) is 24.6 Å². The molecule has 1 aliphatic carbocycles. The maximum atomic E-state index is 12.0. The predicted molar refractivity (Wildman–Crippen MR) is 71.1 cm³/mol. The zero-order chi connectivity index (χ0) is 13.2. The minimum absolute atomic E-state index is 0.00511. The number of rotatable bonds is 4. The zero-order valence-corrected chi connectivity index (χ0v) is 11.1. The number of aryl methyl sites for hydroxylation is 2. The normalized spacial score (nSPS) is 17.1. The van der Waals surface area contributed by atoms with E-state index in [0.29, 0.717) is 6.54 Å². The number of benzene rings is 1. The van der Waals surface area contributed by atoms with Crippen molar-refractivity contribution in [3.8, 4) is 0 Å². The first-order chi connectivity index (χ1) is 8.57. The van der Waals surface area contributed by atoms with Gasteiger partial charge in [0.15, 0.2) is 0 Å². The average molecular weight is 247 g/mol. The molecule has 3 heteroatoms. The predicted octanol–water partition coefficient (Wildman–Crippen LogP) is 2.08. The summed E-state index contributed by atoms with van der Waals surface area (Å²) >= 11 is 0. The van der Waals surface area contributed by atoms with Crippen LogP contribution in [0.4, 0.5) is 0 Å². The molecule has 0 heterocycles. The Morgan fingerprint density at radius 1 is 1.33 bits per heavy atom. The number of hydrogen-bond donors (Lipinski definition) is 2. The Morgan fingerprint density at radius 3 is 2.56 bits per heavy atom. The van der Waals surface area contributed by atoms with E-state index >= 15 is 0 Å². The van der Waals surface area contributed by atoms with E-state index in [4.69, 9.17) is 0 Å². The molecule has 1 fully saturated rings. The van der Waals surface area contributed by atoms with E-state index in [1.807, 2.05) is 6.07 Å². The second kappa shape index (κ2) is 5.11. The van der Waals surface area contributed by atoms with Gasteiger partial charge in [0.1, 0.15) is 0 Å². The van der Waals surface area contributed by atoms with Crippen molar-refractivity contribution >= 4 is 5.91 Å². The molecule has 18 heavy (non-hydrogen) atoms.